The molecule has 3 nitrogen and oxygen atoms in total. The second-order valence-electron chi connectivity index (χ2n) is 5.03. The maximum atomic E-state index is 5.92. The molecule has 0 saturated heterocycles. The molecule has 104 valence electrons. The van der Waals surface area contributed by atoms with E-state index in [1.54, 1.807) is 7.11 Å². The minimum absolute atomic E-state index is 0.572. The molecule has 0 aliphatic heterocycles. The fourth-order valence-electron chi connectivity index (χ4n) is 2.37. The number of hydrogen-bond acceptors (Lipinski definition) is 3. The Balaban J connectivity index is 2.52. The lowest BCUT2D eigenvalue weighted by atomic mass is 9.96. The van der Waals surface area contributed by atoms with Crippen LogP contribution in [0.25, 0.3) is 11.0 Å². The number of rotatable bonds is 6. The van der Waals surface area contributed by atoms with E-state index in [2.05, 4.69) is 37.4 Å². The van der Waals surface area contributed by atoms with E-state index in [9.17, 15) is 0 Å². The molecule has 0 amide bonds. The van der Waals surface area contributed by atoms with Crippen molar-refractivity contribution in [3.05, 3.63) is 35.1 Å². The Morgan fingerprint density at radius 3 is 2.79 bits per heavy atom. The van der Waals surface area contributed by atoms with E-state index in [4.69, 9.17) is 9.15 Å². The largest absolute Gasteiger partial charge is 0.459 e. The number of fused-ring (bicyclic) bond motifs is 1. The normalized spacial score (nSPS) is 13.1. The van der Waals surface area contributed by atoms with Crippen LogP contribution in [0.3, 0.4) is 0 Å². The Morgan fingerprint density at radius 1 is 1.37 bits per heavy atom. The predicted octanol–water partition coefficient (Wildman–Crippen LogP) is 3.81. The number of ether oxygens (including phenoxy) is 1. The van der Waals surface area contributed by atoms with E-state index >= 15 is 0 Å². The molecule has 19 heavy (non-hydrogen) atoms. The SMILES string of the molecule is CCC(C)c1ccc2oc(CNC)c(COC)c2c1. The third-order valence-electron chi connectivity index (χ3n) is 3.71. The van der Waals surface area contributed by atoms with Gasteiger partial charge in [-0.3, -0.25) is 0 Å². The fourth-order valence-corrected chi connectivity index (χ4v) is 2.37. The van der Waals surface area contributed by atoms with Gasteiger partial charge >= 0.3 is 0 Å². The highest BCUT2D eigenvalue weighted by atomic mass is 16.5. The quantitative estimate of drug-likeness (QED) is 0.858. The van der Waals surface area contributed by atoms with Crippen molar-refractivity contribution in [2.75, 3.05) is 14.2 Å². The lowest BCUT2D eigenvalue weighted by Crippen LogP contribution is -2.06. The summed E-state index contributed by atoms with van der Waals surface area (Å²) in [6, 6.07) is 6.50. The molecule has 3 heteroatoms. The van der Waals surface area contributed by atoms with E-state index in [0.717, 1.165) is 29.9 Å². The molecular formula is C16H23NO2. The highest BCUT2D eigenvalue weighted by Gasteiger charge is 2.15. The average molecular weight is 261 g/mol. The van der Waals surface area contributed by atoms with E-state index in [0.29, 0.717) is 12.5 Å². The second-order valence-corrected chi connectivity index (χ2v) is 5.03. The summed E-state index contributed by atoms with van der Waals surface area (Å²) in [5, 5.41) is 4.33. The summed E-state index contributed by atoms with van der Waals surface area (Å²) in [7, 11) is 3.65. The van der Waals surface area contributed by atoms with Gasteiger partial charge in [-0.2, -0.15) is 0 Å². The van der Waals surface area contributed by atoms with Gasteiger partial charge in [0.15, 0.2) is 0 Å². The molecule has 0 spiro atoms. The lowest BCUT2D eigenvalue weighted by Gasteiger charge is -2.08. The summed E-state index contributed by atoms with van der Waals surface area (Å²) >= 11 is 0. The van der Waals surface area contributed by atoms with Crippen molar-refractivity contribution in [2.24, 2.45) is 0 Å². The molecule has 1 atom stereocenters. The van der Waals surface area contributed by atoms with Crippen LogP contribution in [0.1, 0.15) is 43.1 Å². The van der Waals surface area contributed by atoms with Crippen molar-refractivity contribution in [2.45, 2.75) is 39.3 Å². The third kappa shape index (κ3) is 2.82. The van der Waals surface area contributed by atoms with Crippen molar-refractivity contribution < 1.29 is 9.15 Å². The molecule has 1 N–H and O–H groups in total. The van der Waals surface area contributed by atoms with Gasteiger partial charge in [-0.1, -0.05) is 19.9 Å². The molecule has 0 aliphatic carbocycles. The number of benzene rings is 1. The second kappa shape index (κ2) is 6.22. The van der Waals surface area contributed by atoms with Crippen LogP contribution in [-0.2, 0) is 17.9 Å². The summed E-state index contributed by atoms with van der Waals surface area (Å²) in [4.78, 5) is 0. The van der Waals surface area contributed by atoms with Gasteiger partial charge in [0.2, 0.25) is 0 Å². The summed E-state index contributed by atoms with van der Waals surface area (Å²) in [5.41, 5.74) is 3.48. The molecular weight excluding hydrogens is 238 g/mol. The Hall–Kier alpha value is -1.32. The van der Waals surface area contributed by atoms with E-state index < -0.39 is 0 Å². The Morgan fingerprint density at radius 2 is 2.16 bits per heavy atom. The smallest absolute Gasteiger partial charge is 0.134 e. The summed E-state index contributed by atoms with van der Waals surface area (Å²) in [5.74, 6) is 1.54. The number of hydrogen-bond donors (Lipinski definition) is 1. The van der Waals surface area contributed by atoms with Gasteiger partial charge in [-0.15, -0.1) is 0 Å². The molecule has 1 aromatic heterocycles. The lowest BCUT2D eigenvalue weighted by molar-refractivity contribution is 0.183. The molecule has 2 aromatic rings. The fraction of sp³-hybridized carbons (Fsp3) is 0.500. The standard InChI is InChI=1S/C16H23NO2/c1-5-11(2)12-6-7-15-13(8-12)14(10-18-4)16(19-15)9-17-3/h6-8,11,17H,5,9-10H2,1-4H3. The highest BCUT2D eigenvalue weighted by Crippen LogP contribution is 2.30. The topological polar surface area (TPSA) is 34.4 Å². The average Bonchev–Trinajstić information content (AvgIpc) is 2.76. The van der Waals surface area contributed by atoms with Crippen LogP contribution in [0, 0.1) is 0 Å². The zero-order valence-electron chi connectivity index (χ0n) is 12.2. The van der Waals surface area contributed by atoms with Crippen LogP contribution in [-0.4, -0.2) is 14.2 Å². The van der Waals surface area contributed by atoms with E-state index in [1.807, 2.05) is 7.05 Å². The number of nitrogens with one attached hydrogen (secondary N) is 1. The van der Waals surface area contributed by atoms with Crippen LogP contribution in [0.4, 0.5) is 0 Å². The van der Waals surface area contributed by atoms with Crippen LogP contribution < -0.4 is 5.32 Å². The Labute approximate surface area is 114 Å². The molecule has 1 unspecified atom stereocenters. The Bertz CT molecular complexity index is 545. The zero-order valence-corrected chi connectivity index (χ0v) is 12.2. The van der Waals surface area contributed by atoms with E-state index in [1.165, 1.54) is 10.9 Å². The maximum absolute atomic E-state index is 5.92. The van der Waals surface area contributed by atoms with Gasteiger partial charge in [0.1, 0.15) is 11.3 Å². The molecule has 0 aliphatic rings. The van der Waals surface area contributed by atoms with Crippen molar-refractivity contribution >= 4 is 11.0 Å². The molecule has 1 aromatic carbocycles. The number of methoxy groups -OCH3 is 1. The summed E-state index contributed by atoms with van der Waals surface area (Å²) in [6.07, 6.45) is 1.15. The van der Waals surface area contributed by atoms with Crippen LogP contribution in [0.15, 0.2) is 22.6 Å². The molecule has 2 rings (SSSR count). The zero-order chi connectivity index (χ0) is 13.8. The highest BCUT2D eigenvalue weighted by molar-refractivity contribution is 5.83. The monoisotopic (exact) mass is 261 g/mol. The summed E-state index contributed by atoms with van der Waals surface area (Å²) in [6.45, 7) is 5.79. The minimum Gasteiger partial charge on any atom is -0.459 e. The molecule has 0 bridgehead atoms. The Kier molecular flexibility index (Phi) is 4.61. The first-order valence-electron chi connectivity index (χ1n) is 6.89. The van der Waals surface area contributed by atoms with Crippen molar-refractivity contribution in [1.29, 1.82) is 0 Å². The van der Waals surface area contributed by atoms with Gasteiger partial charge < -0.3 is 14.5 Å². The van der Waals surface area contributed by atoms with Gasteiger partial charge in [-0.05, 0) is 37.1 Å². The van der Waals surface area contributed by atoms with Gasteiger partial charge in [0, 0.05) is 18.1 Å². The van der Waals surface area contributed by atoms with Crippen LogP contribution in [0.5, 0.6) is 0 Å². The minimum atomic E-state index is 0.572. The maximum Gasteiger partial charge on any atom is 0.134 e. The van der Waals surface area contributed by atoms with Crippen molar-refractivity contribution in [1.82, 2.24) is 5.32 Å². The van der Waals surface area contributed by atoms with Crippen molar-refractivity contribution in [3.63, 3.8) is 0 Å². The molecule has 0 radical (unpaired) electrons. The van der Waals surface area contributed by atoms with Crippen LogP contribution in [0.2, 0.25) is 0 Å². The predicted molar refractivity (Wildman–Crippen MR) is 78.4 cm³/mol. The first kappa shape index (κ1) is 14.1. The number of furan rings is 1. The third-order valence-corrected chi connectivity index (χ3v) is 3.71. The van der Waals surface area contributed by atoms with E-state index in [-0.39, 0.29) is 0 Å². The van der Waals surface area contributed by atoms with Gasteiger partial charge in [-0.25, -0.2) is 0 Å². The van der Waals surface area contributed by atoms with Crippen molar-refractivity contribution in [3.8, 4) is 0 Å². The first-order valence-corrected chi connectivity index (χ1v) is 6.89. The molecule has 0 fully saturated rings. The molecule has 0 saturated carbocycles. The first-order chi connectivity index (χ1) is 9.21. The van der Waals surface area contributed by atoms with Gasteiger partial charge in [0.25, 0.3) is 0 Å². The van der Waals surface area contributed by atoms with Crippen LogP contribution >= 0.6 is 0 Å². The molecule has 1 heterocycles. The van der Waals surface area contributed by atoms with Gasteiger partial charge in [0.05, 0.1) is 13.2 Å². The summed E-state index contributed by atoms with van der Waals surface area (Å²) < 4.78 is 11.2.